The lowest BCUT2D eigenvalue weighted by atomic mass is 10.2. The standard InChI is InChI=1S/C9H21NOSi/c10-6-2-4-8-12-9-5-1-3-7-11-9/h9H,1-8,10,12H2. The number of ether oxygens (including phenoxy) is 1. The van der Waals surface area contributed by atoms with Crippen LogP contribution in [0, 0.1) is 0 Å². The summed E-state index contributed by atoms with van der Waals surface area (Å²) in [7, 11) is 0.0674. The normalized spacial score (nSPS) is 25.2. The fraction of sp³-hybridized carbons (Fsp3) is 1.00. The number of hydrogen-bond acceptors (Lipinski definition) is 2. The van der Waals surface area contributed by atoms with Crippen LogP contribution in [-0.4, -0.2) is 28.4 Å². The van der Waals surface area contributed by atoms with E-state index in [0.29, 0.717) is 5.73 Å². The zero-order valence-electron chi connectivity index (χ0n) is 7.93. The third-order valence-electron chi connectivity index (χ3n) is 2.50. The second-order valence-corrected chi connectivity index (χ2v) is 5.82. The van der Waals surface area contributed by atoms with Crippen molar-refractivity contribution < 1.29 is 4.74 Å². The van der Waals surface area contributed by atoms with Crippen molar-refractivity contribution in [1.82, 2.24) is 0 Å². The number of hydrogen-bond donors (Lipinski definition) is 1. The lowest BCUT2D eigenvalue weighted by Crippen LogP contribution is -2.25. The molecular formula is C9H21NOSi. The smallest absolute Gasteiger partial charge is 0.0555 e. The average Bonchev–Trinajstić information content (AvgIpc) is 2.14. The van der Waals surface area contributed by atoms with E-state index in [1.165, 1.54) is 38.1 Å². The van der Waals surface area contributed by atoms with Crippen LogP contribution in [0.2, 0.25) is 6.04 Å². The minimum atomic E-state index is 0.0674. The lowest BCUT2D eigenvalue weighted by molar-refractivity contribution is 0.0649. The third-order valence-corrected chi connectivity index (χ3v) is 4.70. The maximum Gasteiger partial charge on any atom is 0.0555 e. The van der Waals surface area contributed by atoms with Crippen LogP contribution in [0.4, 0.5) is 0 Å². The molecule has 2 nitrogen and oxygen atoms in total. The van der Waals surface area contributed by atoms with Crippen LogP contribution < -0.4 is 5.73 Å². The molecule has 1 saturated heterocycles. The van der Waals surface area contributed by atoms with Gasteiger partial charge in [-0.25, -0.2) is 0 Å². The Hall–Kier alpha value is 0.137. The first-order chi connectivity index (χ1) is 5.93. The van der Waals surface area contributed by atoms with Crippen molar-refractivity contribution in [3.05, 3.63) is 0 Å². The molecule has 0 bridgehead atoms. The summed E-state index contributed by atoms with van der Waals surface area (Å²) in [5, 5.41) is 0. The minimum Gasteiger partial charge on any atom is -0.382 e. The predicted octanol–water partition coefficient (Wildman–Crippen LogP) is 0.839. The zero-order valence-corrected chi connectivity index (χ0v) is 9.34. The van der Waals surface area contributed by atoms with Crippen molar-refractivity contribution in [3.63, 3.8) is 0 Å². The molecule has 3 heteroatoms. The van der Waals surface area contributed by atoms with E-state index in [9.17, 15) is 0 Å². The molecule has 2 N–H and O–H groups in total. The van der Waals surface area contributed by atoms with Crippen LogP contribution in [0.15, 0.2) is 0 Å². The van der Waals surface area contributed by atoms with Crippen LogP contribution in [0.1, 0.15) is 32.1 Å². The van der Waals surface area contributed by atoms with Gasteiger partial charge in [0.2, 0.25) is 0 Å². The maximum absolute atomic E-state index is 5.69. The molecule has 0 aromatic heterocycles. The van der Waals surface area contributed by atoms with Crippen LogP contribution >= 0.6 is 0 Å². The fourth-order valence-corrected chi connectivity index (χ4v) is 3.74. The van der Waals surface area contributed by atoms with E-state index in [2.05, 4.69) is 0 Å². The Bertz CT molecular complexity index is 105. The molecule has 12 heavy (non-hydrogen) atoms. The summed E-state index contributed by atoms with van der Waals surface area (Å²) in [6.45, 7) is 1.88. The minimum absolute atomic E-state index is 0.0674. The van der Waals surface area contributed by atoms with Crippen molar-refractivity contribution in [2.45, 2.75) is 43.9 Å². The first kappa shape index (κ1) is 10.2. The molecule has 1 atom stereocenters. The highest BCUT2D eigenvalue weighted by molar-refractivity contribution is 6.37. The predicted molar refractivity (Wildman–Crippen MR) is 55.2 cm³/mol. The van der Waals surface area contributed by atoms with E-state index >= 15 is 0 Å². The molecule has 1 rings (SSSR count). The highest BCUT2D eigenvalue weighted by Crippen LogP contribution is 2.13. The molecule has 72 valence electrons. The third kappa shape index (κ3) is 4.23. The van der Waals surface area contributed by atoms with Gasteiger partial charge < -0.3 is 10.5 Å². The van der Waals surface area contributed by atoms with Gasteiger partial charge in [0.15, 0.2) is 0 Å². The zero-order chi connectivity index (χ0) is 8.65. The van der Waals surface area contributed by atoms with Crippen LogP contribution in [0.5, 0.6) is 0 Å². The second kappa shape index (κ2) is 6.63. The molecule has 1 unspecified atom stereocenters. The van der Waals surface area contributed by atoms with E-state index in [-0.39, 0.29) is 9.52 Å². The van der Waals surface area contributed by atoms with Crippen LogP contribution in [0.25, 0.3) is 0 Å². The quantitative estimate of drug-likeness (QED) is 0.511. The van der Waals surface area contributed by atoms with Crippen molar-refractivity contribution in [1.29, 1.82) is 0 Å². The molecule has 0 saturated carbocycles. The van der Waals surface area contributed by atoms with Gasteiger partial charge in [-0.2, -0.15) is 0 Å². The van der Waals surface area contributed by atoms with Gasteiger partial charge in [0, 0.05) is 12.3 Å². The number of rotatable bonds is 5. The van der Waals surface area contributed by atoms with Crippen molar-refractivity contribution in [2.75, 3.05) is 13.2 Å². The van der Waals surface area contributed by atoms with E-state index in [1.54, 1.807) is 0 Å². The Kier molecular flexibility index (Phi) is 5.65. The summed E-state index contributed by atoms with van der Waals surface area (Å²) in [5.74, 6) is 0. The van der Waals surface area contributed by atoms with Crippen molar-refractivity contribution in [2.24, 2.45) is 5.73 Å². The summed E-state index contributed by atoms with van der Waals surface area (Å²) < 4.78 is 5.69. The van der Waals surface area contributed by atoms with E-state index in [4.69, 9.17) is 10.5 Å². The van der Waals surface area contributed by atoms with Gasteiger partial charge in [-0.05, 0) is 32.2 Å². The fourth-order valence-electron chi connectivity index (χ4n) is 1.73. The van der Waals surface area contributed by atoms with E-state index in [1.807, 2.05) is 0 Å². The SMILES string of the molecule is NCCCC[SiH2]C1CCCCO1. The lowest BCUT2D eigenvalue weighted by Gasteiger charge is -2.21. The molecule has 0 amide bonds. The first-order valence-corrected chi connectivity index (χ1v) is 7.07. The molecule has 0 aromatic rings. The van der Waals surface area contributed by atoms with E-state index < -0.39 is 0 Å². The average molecular weight is 187 g/mol. The summed E-state index contributed by atoms with van der Waals surface area (Å²) >= 11 is 0. The summed E-state index contributed by atoms with van der Waals surface area (Å²) in [6, 6.07) is 1.43. The Labute approximate surface area is 77.7 Å². The second-order valence-electron chi connectivity index (χ2n) is 3.63. The Morgan fingerprint density at radius 1 is 1.33 bits per heavy atom. The number of unbranched alkanes of at least 4 members (excludes halogenated alkanes) is 1. The Morgan fingerprint density at radius 2 is 2.25 bits per heavy atom. The van der Waals surface area contributed by atoms with Gasteiger partial charge in [0.1, 0.15) is 0 Å². The Morgan fingerprint density at radius 3 is 2.92 bits per heavy atom. The molecular weight excluding hydrogens is 166 g/mol. The monoisotopic (exact) mass is 187 g/mol. The van der Waals surface area contributed by atoms with Gasteiger partial charge >= 0.3 is 0 Å². The largest absolute Gasteiger partial charge is 0.382 e. The maximum atomic E-state index is 5.69. The van der Waals surface area contributed by atoms with Gasteiger partial charge in [-0.15, -0.1) is 0 Å². The van der Waals surface area contributed by atoms with Gasteiger partial charge in [-0.1, -0.05) is 12.5 Å². The molecule has 0 aliphatic carbocycles. The number of nitrogens with two attached hydrogens (primary N) is 1. The van der Waals surface area contributed by atoms with Crippen LogP contribution in [-0.2, 0) is 4.74 Å². The molecule has 1 heterocycles. The van der Waals surface area contributed by atoms with Crippen LogP contribution in [0.3, 0.4) is 0 Å². The molecule has 1 fully saturated rings. The molecule has 0 radical (unpaired) electrons. The highest BCUT2D eigenvalue weighted by Gasteiger charge is 2.12. The molecule has 0 spiro atoms. The highest BCUT2D eigenvalue weighted by atomic mass is 28.2. The van der Waals surface area contributed by atoms with Gasteiger partial charge in [-0.3, -0.25) is 0 Å². The topological polar surface area (TPSA) is 35.2 Å². The van der Waals surface area contributed by atoms with Gasteiger partial charge in [0.05, 0.1) is 9.52 Å². The van der Waals surface area contributed by atoms with Gasteiger partial charge in [0.25, 0.3) is 0 Å². The van der Waals surface area contributed by atoms with Crippen molar-refractivity contribution in [3.8, 4) is 0 Å². The summed E-state index contributed by atoms with van der Waals surface area (Å²) in [6.07, 6.45) is 6.57. The Balaban J connectivity index is 1.91. The first-order valence-electron chi connectivity index (χ1n) is 5.25. The van der Waals surface area contributed by atoms with E-state index in [0.717, 1.165) is 13.2 Å². The molecule has 1 aliphatic rings. The molecule has 1 aliphatic heterocycles. The summed E-state index contributed by atoms with van der Waals surface area (Å²) in [5.41, 5.74) is 6.14. The summed E-state index contributed by atoms with van der Waals surface area (Å²) in [4.78, 5) is 0. The van der Waals surface area contributed by atoms with Crippen molar-refractivity contribution >= 4 is 9.52 Å². The molecule has 0 aromatic carbocycles.